The standard InChI is InChI=1S/C14H19FN2O.ClH/c1-10-3-2-4-12(13(10)15)14(18)17-7-5-11(9-16)6-8-17;/h2-4,11H,5-9,16H2,1H3;1H. The lowest BCUT2D eigenvalue weighted by atomic mass is 9.96. The number of nitrogens with zero attached hydrogens (tertiary/aromatic N) is 1. The summed E-state index contributed by atoms with van der Waals surface area (Å²) in [6.07, 6.45) is 1.82. The average Bonchev–Trinajstić information content (AvgIpc) is 2.41. The molecule has 1 aliphatic heterocycles. The van der Waals surface area contributed by atoms with Crippen molar-refractivity contribution >= 4 is 18.3 Å². The molecule has 0 bridgehead atoms. The van der Waals surface area contributed by atoms with E-state index in [1.807, 2.05) is 0 Å². The quantitative estimate of drug-likeness (QED) is 0.907. The summed E-state index contributed by atoms with van der Waals surface area (Å²) in [4.78, 5) is 13.9. The monoisotopic (exact) mass is 286 g/mol. The third-order valence-electron chi connectivity index (χ3n) is 3.66. The van der Waals surface area contributed by atoms with Crippen molar-refractivity contribution in [2.75, 3.05) is 19.6 Å². The average molecular weight is 287 g/mol. The summed E-state index contributed by atoms with van der Waals surface area (Å²) in [6, 6.07) is 4.95. The Kier molecular flexibility index (Phi) is 5.76. The Morgan fingerprint density at radius 2 is 2.05 bits per heavy atom. The lowest BCUT2D eigenvalue weighted by molar-refractivity contribution is 0.0688. The number of hydrogen-bond acceptors (Lipinski definition) is 2. The molecule has 3 nitrogen and oxygen atoms in total. The van der Waals surface area contributed by atoms with Crippen molar-refractivity contribution in [2.24, 2.45) is 11.7 Å². The van der Waals surface area contributed by atoms with Crippen molar-refractivity contribution in [3.8, 4) is 0 Å². The minimum Gasteiger partial charge on any atom is -0.339 e. The number of benzene rings is 1. The molecule has 0 radical (unpaired) electrons. The number of carbonyl (C=O) groups excluding carboxylic acids is 1. The van der Waals surface area contributed by atoms with E-state index in [-0.39, 0.29) is 23.9 Å². The first kappa shape index (κ1) is 15.9. The fourth-order valence-corrected chi connectivity index (χ4v) is 2.35. The van der Waals surface area contributed by atoms with E-state index in [4.69, 9.17) is 5.73 Å². The largest absolute Gasteiger partial charge is 0.339 e. The summed E-state index contributed by atoms with van der Waals surface area (Å²) in [5.74, 6) is -0.105. The highest BCUT2D eigenvalue weighted by molar-refractivity contribution is 5.94. The van der Waals surface area contributed by atoms with Crippen LogP contribution in [0.3, 0.4) is 0 Å². The highest BCUT2D eigenvalue weighted by atomic mass is 35.5. The van der Waals surface area contributed by atoms with Gasteiger partial charge in [0.25, 0.3) is 5.91 Å². The molecule has 2 N–H and O–H groups in total. The van der Waals surface area contributed by atoms with Crippen LogP contribution in [0.4, 0.5) is 4.39 Å². The van der Waals surface area contributed by atoms with Crippen molar-refractivity contribution in [3.63, 3.8) is 0 Å². The van der Waals surface area contributed by atoms with Gasteiger partial charge in [-0.05, 0) is 43.9 Å². The minimum absolute atomic E-state index is 0. The molecule has 1 aromatic carbocycles. The van der Waals surface area contributed by atoms with Gasteiger partial charge in [-0.2, -0.15) is 0 Å². The van der Waals surface area contributed by atoms with E-state index in [1.165, 1.54) is 0 Å². The Labute approximate surface area is 119 Å². The van der Waals surface area contributed by atoms with Gasteiger partial charge in [-0.3, -0.25) is 4.79 Å². The van der Waals surface area contributed by atoms with Gasteiger partial charge in [0.15, 0.2) is 0 Å². The number of amides is 1. The number of hydrogen-bond donors (Lipinski definition) is 1. The van der Waals surface area contributed by atoms with Crippen molar-refractivity contribution in [1.29, 1.82) is 0 Å². The molecular weight excluding hydrogens is 267 g/mol. The Bertz CT molecular complexity index is 445. The van der Waals surface area contributed by atoms with Crippen LogP contribution in [0.15, 0.2) is 18.2 Å². The number of piperidine rings is 1. The van der Waals surface area contributed by atoms with Crippen LogP contribution in [-0.2, 0) is 0 Å². The number of carbonyl (C=O) groups is 1. The van der Waals surface area contributed by atoms with Gasteiger partial charge in [-0.1, -0.05) is 12.1 Å². The number of nitrogens with two attached hydrogens (primary N) is 1. The van der Waals surface area contributed by atoms with Gasteiger partial charge in [-0.15, -0.1) is 12.4 Å². The van der Waals surface area contributed by atoms with E-state index in [2.05, 4.69) is 0 Å². The number of halogens is 2. The maximum atomic E-state index is 13.9. The molecule has 1 amide bonds. The molecule has 0 aliphatic carbocycles. The van der Waals surface area contributed by atoms with Crippen LogP contribution in [0.1, 0.15) is 28.8 Å². The van der Waals surface area contributed by atoms with Crippen LogP contribution in [0.5, 0.6) is 0 Å². The van der Waals surface area contributed by atoms with Gasteiger partial charge >= 0.3 is 0 Å². The second-order valence-corrected chi connectivity index (χ2v) is 4.91. The molecule has 106 valence electrons. The van der Waals surface area contributed by atoms with Gasteiger partial charge in [0.05, 0.1) is 5.56 Å². The summed E-state index contributed by atoms with van der Waals surface area (Å²) in [7, 11) is 0. The van der Waals surface area contributed by atoms with Crippen LogP contribution >= 0.6 is 12.4 Å². The lowest BCUT2D eigenvalue weighted by Gasteiger charge is -2.31. The van der Waals surface area contributed by atoms with Crippen LogP contribution in [0.2, 0.25) is 0 Å². The van der Waals surface area contributed by atoms with E-state index in [1.54, 1.807) is 30.0 Å². The predicted octanol–water partition coefficient (Wildman–Crippen LogP) is 2.37. The topological polar surface area (TPSA) is 46.3 Å². The number of aryl methyl sites for hydroxylation is 1. The lowest BCUT2D eigenvalue weighted by Crippen LogP contribution is -2.40. The molecule has 0 aromatic heterocycles. The normalized spacial score (nSPS) is 16.1. The zero-order valence-corrected chi connectivity index (χ0v) is 11.9. The molecule has 1 aliphatic rings. The maximum absolute atomic E-state index is 13.9. The maximum Gasteiger partial charge on any atom is 0.256 e. The van der Waals surface area contributed by atoms with Crippen molar-refractivity contribution in [3.05, 3.63) is 35.1 Å². The van der Waals surface area contributed by atoms with E-state index in [0.29, 0.717) is 31.1 Å². The Hall–Kier alpha value is -1.13. The summed E-state index contributed by atoms with van der Waals surface area (Å²) in [6.45, 7) is 3.69. The van der Waals surface area contributed by atoms with Gasteiger partial charge < -0.3 is 10.6 Å². The molecule has 0 unspecified atom stereocenters. The minimum atomic E-state index is -0.400. The Morgan fingerprint density at radius 1 is 1.42 bits per heavy atom. The highest BCUT2D eigenvalue weighted by Gasteiger charge is 2.24. The summed E-state index contributed by atoms with van der Waals surface area (Å²) >= 11 is 0. The van der Waals surface area contributed by atoms with Crippen LogP contribution in [0, 0.1) is 18.7 Å². The summed E-state index contributed by atoms with van der Waals surface area (Å²) in [5, 5.41) is 0. The van der Waals surface area contributed by atoms with Crippen LogP contribution in [0.25, 0.3) is 0 Å². The first-order valence-corrected chi connectivity index (χ1v) is 6.38. The van der Waals surface area contributed by atoms with Crippen molar-refractivity contribution in [2.45, 2.75) is 19.8 Å². The fraction of sp³-hybridized carbons (Fsp3) is 0.500. The van der Waals surface area contributed by atoms with E-state index in [9.17, 15) is 9.18 Å². The number of rotatable bonds is 2. The molecule has 1 fully saturated rings. The Balaban J connectivity index is 0.00000180. The summed E-state index contributed by atoms with van der Waals surface area (Å²) < 4.78 is 13.9. The van der Waals surface area contributed by atoms with E-state index >= 15 is 0 Å². The van der Waals surface area contributed by atoms with Crippen LogP contribution < -0.4 is 5.73 Å². The zero-order chi connectivity index (χ0) is 13.1. The van der Waals surface area contributed by atoms with Gasteiger partial charge in [0.1, 0.15) is 5.82 Å². The summed E-state index contributed by atoms with van der Waals surface area (Å²) in [5.41, 5.74) is 6.31. The highest BCUT2D eigenvalue weighted by Crippen LogP contribution is 2.20. The van der Waals surface area contributed by atoms with Crippen LogP contribution in [-0.4, -0.2) is 30.4 Å². The number of likely N-dealkylation sites (tertiary alicyclic amines) is 1. The third-order valence-corrected chi connectivity index (χ3v) is 3.66. The molecule has 0 saturated carbocycles. The van der Waals surface area contributed by atoms with Crippen molar-refractivity contribution < 1.29 is 9.18 Å². The molecule has 1 saturated heterocycles. The van der Waals surface area contributed by atoms with Gasteiger partial charge in [0.2, 0.25) is 0 Å². The molecule has 1 aromatic rings. The first-order chi connectivity index (χ1) is 8.63. The first-order valence-electron chi connectivity index (χ1n) is 6.38. The molecular formula is C14H20ClFN2O. The second-order valence-electron chi connectivity index (χ2n) is 4.91. The zero-order valence-electron chi connectivity index (χ0n) is 11.1. The molecule has 19 heavy (non-hydrogen) atoms. The molecule has 2 rings (SSSR count). The molecule has 1 heterocycles. The van der Waals surface area contributed by atoms with Gasteiger partial charge in [-0.25, -0.2) is 4.39 Å². The molecule has 5 heteroatoms. The second kappa shape index (κ2) is 6.87. The van der Waals surface area contributed by atoms with E-state index < -0.39 is 5.82 Å². The SMILES string of the molecule is Cc1cccc(C(=O)N2CCC(CN)CC2)c1F.Cl. The predicted molar refractivity (Wildman–Crippen MR) is 76.1 cm³/mol. The molecule has 0 spiro atoms. The Morgan fingerprint density at radius 3 is 2.63 bits per heavy atom. The van der Waals surface area contributed by atoms with Crippen molar-refractivity contribution in [1.82, 2.24) is 4.90 Å². The third kappa shape index (κ3) is 3.45. The smallest absolute Gasteiger partial charge is 0.256 e. The molecule has 0 atom stereocenters. The fourth-order valence-electron chi connectivity index (χ4n) is 2.35. The van der Waals surface area contributed by atoms with E-state index in [0.717, 1.165) is 12.8 Å². The van der Waals surface area contributed by atoms with Gasteiger partial charge in [0, 0.05) is 13.1 Å².